The van der Waals surface area contributed by atoms with Crippen molar-refractivity contribution in [2.24, 2.45) is 5.41 Å². The second-order valence-electron chi connectivity index (χ2n) is 5.46. The van der Waals surface area contributed by atoms with Crippen molar-refractivity contribution in [1.29, 1.82) is 0 Å². The van der Waals surface area contributed by atoms with E-state index in [9.17, 15) is 13.6 Å². The molecule has 0 aliphatic heterocycles. The molecule has 0 saturated heterocycles. The first-order valence-electron chi connectivity index (χ1n) is 6.44. The standard InChI is InChI=1S/C14H20F2N2O2/c1-14(2,9-19)4-3-5-17-13(20)18-12-7-10(15)6-11(16)8-12/h6-8,19H,3-5,9H2,1-2H3,(H2,17,18,20). The number of carbonyl (C=O) groups is 1. The van der Waals surface area contributed by atoms with Crippen molar-refractivity contribution < 1.29 is 18.7 Å². The fourth-order valence-electron chi connectivity index (χ4n) is 1.65. The number of nitrogens with one attached hydrogen (secondary N) is 2. The van der Waals surface area contributed by atoms with Crippen LogP contribution in [0.15, 0.2) is 18.2 Å². The summed E-state index contributed by atoms with van der Waals surface area (Å²) < 4.78 is 25.8. The third-order valence-electron chi connectivity index (χ3n) is 2.86. The fourth-order valence-corrected chi connectivity index (χ4v) is 1.65. The maximum atomic E-state index is 12.9. The highest BCUT2D eigenvalue weighted by Gasteiger charge is 2.15. The molecule has 2 amide bonds. The van der Waals surface area contributed by atoms with Gasteiger partial charge in [0.05, 0.1) is 0 Å². The van der Waals surface area contributed by atoms with Crippen LogP contribution >= 0.6 is 0 Å². The number of urea groups is 1. The summed E-state index contributed by atoms with van der Waals surface area (Å²) in [5, 5.41) is 14.0. The summed E-state index contributed by atoms with van der Waals surface area (Å²) in [5.74, 6) is -1.49. The molecule has 0 fully saturated rings. The minimum atomic E-state index is -0.745. The monoisotopic (exact) mass is 286 g/mol. The predicted molar refractivity (Wildman–Crippen MR) is 73.5 cm³/mol. The Morgan fingerprint density at radius 1 is 1.25 bits per heavy atom. The minimum Gasteiger partial charge on any atom is -0.396 e. The Hall–Kier alpha value is -1.69. The zero-order valence-corrected chi connectivity index (χ0v) is 11.7. The zero-order chi connectivity index (χ0) is 15.2. The van der Waals surface area contributed by atoms with Gasteiger partial charge >= 0.3 is 6.03 Å². The number of anilines is 1. The maximum absolute atomic E-state index is 12.9. The smallest absolute Gasteiger partial charge is 0.319 e. The van der Waals surface area contributed by atoms with E-state index >= 15 is 0 Å². The number of hydrogen-bond donors (Lipinski definition) is 3. The largest absolute Gasteiger partial charge is 0.396 e. The van der Waals surface area contributed by atoms with Gasteiger partial charge in [0.1, 0.15) is 11.6 Å². The molecule has 0 heterocycles. The van der Waals surface area contributed by atoms with E-state index in [4.69, 9.17) is 5.11 Å². The lowest BCUT2D eigenvalue weighted by Crippen LogP contribution is -2.30. The van der Waals surface area contributed by atoms with Crippen LogP contribution in [0.2, 0.25) is 0 Å². The van der Waals surface area contributed by atoms with E-state index in [0.29, 0.717) is 13.0 Å². The molecule has 0 bridgehead atoms. The third kappa shape index (κ3) is 5.97. The van der Waals surface area contributed by atoms with Gasteiger partial charge in [0.25, 0.3) is 0 Å². The number of amides is 2. The predicted octanol–water partition coefficient (Wildman–Crippen LogP) is 2.89. The van der Waals surface area contributed by atoms with Gasteiger partial charge in [-0.1, -0.05) is 13.8 Å². The highest BCUT2D eigenvalue weighted by atomic mass is 19.1. The molecule has 1 rings (SSSR count). The molecule has 1 aromatic rings. The van der Waals surface area contributed by atoms with Gasteiger partial charge < -0.3 is 15.7 Å². The molecule has 0 aliphatic carbocycles. The van der Waals surface area contributed by atoms with Crippen LogP contribution in [0.25, 0.3) is 0 Å². The molecule has 0 aliphatic rings. The van der Waals surface area contributed by atoms with Crippen LogP contribution in [0.1, 0.15) is 26.7 Å². The summed E-state index contributed by atoms with van der Waals surface area (Å²) >= 11 is 0. The van der Waals surface area contributed by atoms with Crippen molar-refractivity contribution in [2.45, 2.75) is 26.7 Å². The molecule has 0 unspecified atom stereocenters. The minimum absolute atomic E-state index is 0.0655. The Kier molecular flexibility index (Phi) is 5.88. The first-order valence-corrected chi connectivity index (χ1v) is 6.44. The van der Waals surface area contributed by atoms with Crippen molar-refractivity contribution in [3.8, 4) is 0 Å². The zero-order valence-electron chi connectivity index (χ0n) is 11.7. The Morgan fingerprint density at radius 3 is 2.40 bits per heavy atom. The molecule has 0 saturated carbocycles. The summed E-state index contributed by atoms with van der Waals surface area (Å²) in [5.41, 5.74) is -0.111. The van der Waals surface area contributed by atoms with Crippen molar-refractivity contribution >= 4 is 11.7 Å². The van der Waals surface area contributed by atoms with Crippen LogP contribution in [-0.2, 0) is 0 Å². The van der Waals surface area contributed by atoms with E-state index < -0.39 is 17.7 Å². The SMILES string of the molecule is CC(C)(CO)CCCNC(=O)Nc1cc(F)cc(F)c1. The van der Waals surface area contributed by atoms with Gasteiger partial charge in [-0.05, 0) is 30.4 Å². The Morgan fingerprint density at radius 2 is 1.85 bits per heavy atom. The Labute approximate surface area is 117 Å². The fraction of sp³-hybridized carbons (Fsp3) is 0.500. The number of benzene rings is 1. The van der Waals surface area contributed by atoms with Crippen LogP contribution in [0.3, 0.4) is 0 Å². The lowest BCUT2D eigenvalue weighted by atomic mass is 9.89. The van der Waals surface area contributed by atoms with E-state index in [0.717, 1.165) is 24.6 Å². The maximum Gasteiger partial charge on any atom is 0.319 e. The van der Waals surface area contributed by atoms with Gasteiger partial charge in [-0.15, -0.1) is 0 Å². The topological polar surface area (TPSA) is 61.4 Å². The van der Waals surface area contributed by atoms with Crippen molar-refractivity contribution in [2.75, 3.05) is 18.5 Å². The lowest BCUT2D eigenvalue weighted by Gasteiger charge is -2.21. The molecule has 0 atom stereocenters. The van der Waals surface area contributed by atoms with E-state index in [1.54, 1.807) is 0 Å². The molecule has 112 valence electrons. The van der Waals surface area contributed by atoms with Crippen molar-refractivity contribution in [1.82, 2.24) is 5.32 Å². The number of hydrogen-bond acceptors (Lipinski definition) is 2. The summed E-state index contributed by atoms with van der Waals surface area (Å²) in [6, 6.07) is 2.30. The van der Waals surface area contributed by atoms with E-state index in [-0.39, 0.29) is 17.7 Å². The number of aliphatic hydroxyl groups excluding tert-OH is 1. The van der Waals surface area contributed by atoms with E-state index in [2.05, 4.69) is 10.6 Å². The van der Waals surface area contributed by atoms with Crippen LogP contribution in [0.5, 0.6) is 0 Å². The van der Waals surface area contributed by atoms with Crippen LogP contribution in [-0.4, -0.2) is 24.3 Å². The number of halogens is 2. The average Bonchev–Trinajstić information content (AvgIpc) is 2.33. The van der Waals surface area contributed by atoms with E-state index in [1.807, 2.05) is 13.8 Å². The third-order valence-corrected chi connectivity index (χ3v) is 2.86. The highest BCUT2D eigenvalue weighted by Crippen LogP contribution is 2.20. The number of aliphatic hydroxyl groups is 1. The van der Waals surface area contributed by atoms with E-state index in [1.165, 1.54) is 0 Å². The Balaban J connectivity index is 2.33. The quantitative estimate of drug-likeness (QED) is 0.704. The summed E-state index contributed by atoms with van der Waals surface area (Å²) in [7, 11) is 0. The van der Waals surface area contributed by atoms with Crippen LogP contribution < -0.4 is 10.6 Å². The summed E-state index contributed by atoms with van der Waals surface area (Å²) in [6.45, 7) is 4.38. The van der Waals surface area contributed by atoms with Crippen molar-refractivity contribution in [3.63, 3.8) is 0 Å². The van der Waals surface area contributed by atoms with Gasteiger partial charge in [0.15, 0.2) is 0 Å². The molecule has 0 radical (unpaired) electrons. The Bertz CT molecular complexity index is 444. The molecular weight excluding hydrogens is 266 g/mol. The van der Waals surface area contributed by atoms with Crippen molar-refractivity contribution in [3.05, 3.63) is 29.8 Å². The molecule has 0 aromatic heterocycles. The normalized spacial score (nSPS) is 11.2. The van der Waals surface area contributed by atoms with Crippen LogP contribution in [0.4, 0.5) is 19.3 Å². The molecule has 6 heteroatoms. The van der Waals surface area contributed by atoms with Gasteiger partial charge in [-0.3, -0.25) is 0 Å². The molecule has 0 spiro atoms. The lowest BCUT2D eigenvalue weighted by molar-refractivity contribution is 0.148. The molecule has 1 aromatic carbocycles. The molecule has 3 N–H and O–H groups in total. The number of rotatable bonds is 6. The molecule has 4 nitrogen and oxygen atoms in total. The van der Waals surface area contributed by atoms with Gasteiger partial charge in [0, 0.05) is 24.9 Å². The number of carbonyl (C=O) groups excluding carboxylic acids is 1. The molecule has 20 heavy (non-hydrogen) atoms. The first kappa shape index (κ1) is 16.4. The van der Waals surface area contributed by atoms with Crippen LogP contribution in [0, 0.1) is 17.0 Å². The summed E-state index contributed by atoms with van der Waals surface area (Å²) in [4.78, 5) is 11.5. The summed E-state index contributed by atoms with van der Waals surface area (Å²) in [6.07, 6.45) is 1.47. The van der Waals surface area contributed by atoms with Gasteiger partial charge in [-0.25, -0.2) is 13.6 Å². The second-order valence-corrected chi connectivity index (χ2v) is 5.46. The second kappa shape index (κ2) is 7.19. The molecular formula is C14H20F2N2O2. The first-order chi connectivity index (χ1) is 9.32. The average molecular weight is 286 g/mol. The van der Waals surface area contributed by atoms with Gasteiger partial charge in [-0.2, -0.15) is 0 Å². The van der Waals surface area contributed by atoms with Gasteiger partial charge in [0.2, 0.25) is 0 Å². The highest BCUT2D eigenvalue weighted by molar-refractivity contribution is 5.89.